The minimum atomic E-state index is 0.326. The number of rotatable bonds is 3. The molecule has 1 unspecified atom stereocenters. The van der Waals surface area contributed by atoms with Crippen molar-refractivity contribution in [2.75, 3.05) is 37.0 Å². The fourth-order valence-electron chi connectivity index (χ4n) is 3.38. The number of hydrogen-bond donors (Lipinski definition) is 1. The summed E-state index contributed by atoms with van der Waals surface area (Å²) in [6.07, 6.45) is 4.66. The molecule has 25 heavy (non-hydrogen) atoms. The van der Waals surface area contributed by atoms with E-state index >= 15 is 0 Å². The van der Waals surface area contributed by atoms with Crippen molar-refractivity contribution in [3.63, 3.8) is 0 Å². The first-order chi connectivity index (χ1) is 12.3. The lowest BCUT2D eigenvalue weighted by Gasteiger charge is -2.37. The molecule has 1 saturated heterocycles. The van der Waals surface area contributed by atoms with Crippen LogP contribution in [0.2, 0.25) is 0 Å². The van der Waals surface area contributed by atoms with Gasteiger partial charge in [0.2, 0.25) is 5.88 Å². The fraction of sp³-hybridized carbons (Fsp3) is 0.500. The Balaban J connectivity index is 1.81. The van der Waals surface area contributed by atoms with Gasteiger partial charge in [-0.2, -0.15) is 4.98 Å². The van der Waals surface area contributed by atoms with Crippen LogP contribution in [0.25, 0.3) is 11.4 Å². The van der Waals surface area contributed by atoms with Crippen LogP contribution in [0.4, 0.5) is 11.6 Å². The summed E-state index contributed by atoms with van der Waals surface area (Å²) in [6.45, 7) is 5.16. The zero-order valence-electron chi connectivity index (χ0n) is 14.4. The molecule has 132 valence electrons. The van der Waals surface area contributed by atoms with Crippen molar-refractivity contribution in [1.29, 1.82) is 0 Å². The maximum Gasteiger partial charge on any atom is 0.222 e. The van der Waals surface area contributed by atoms with E-state index in [-0.39, 0.29) is 0 Å². The molecule has 2 aliphatic rings. The summed E-state index contributed by atoms with van der Waals surface area (Å²) in [7, 11) is 0. The molecule has 1 fully saturated rings. The Morgan fingerprint density at radius 3 is 3.00 bits per heavy atom. The average molecular weight is 341 g/mol. The molecule has 7 nitrogen and oxygen atoms in total. The van der Waals surface area contributed by atoms with Gasteiger partial charge in [0.05, 0.1) is 31.4 Å². The molecular weight excluding hydrogens is 318 g/mol. The Morgan fingerprint density at radius 1 is 1.28 bits per heavy atom. The van der Waals surface area contributed by atoms with Crippen molar-refractivity contribution in [2.24, 2.45) is 0 Å². The van der Waals surface area contributed by atoms with Crippen LogP contribution in [0, 0.1) is 0 Å². The van der Waals surface area contributed by atoms with E-state index in [0.717, 1.165) is 56.0 Å². The van der Waals surface area contributed by atoms with Crippen molar-refractivity contribution >= 4 is 11.6 Å². The fourth-order valence-corrected chi connectivity index (χ4v) is 3.38. The number of nitrogen functional groups attached to an aromatic ring is 1. The lowest BCUT2D eigenvalue weighted by molar-refractivity contribution is 0.0923. The van der Waals surface area contributed by atoms with Gasteiger partial charge < -0.3 is 20.1 Å². The predicted octanol–water partition coefficient (Wildman–Crippen LogP) is 2.06. The van der Waals surface area contributed by atoms with Crippen LogP contribution in [-0.2, 0) is 11.2 Å². The SMILES string of the molecule is CCC1COCCN1c1nc(-c2ccc(N)nc2)nc2c1CCCO2. The second-order valence-electron chi connectivity index (χ2n) is 6.41. The molecule has 4 rings (SSSR count). The molecule has 0 saturated carbocycles. The molecule has 4 heterocycles. The van der Waals surface area contributed by atoms with Gasteiger partial charge in [0.25, 0.3) is 0 Å². The summed E-state index contributed by atoms with van der Waals surface area (Å²) < 4.78 is 11.5. The number of hydrogen-bond acceptors (Lipinski definition) is 7. The van der Waals surface area contributed by atoms with E-state index in [1.807, 2.05) is 6.07 Å². The van der Waals surface area contributed by atoms with Gasteiger partial charge in [0.1, 0.15) is 11.6 Å². The van der Waals surface area contributed by atoms with Crippen LogP contribution in [-0.4, -0.2) is 47.4 Å². The van der Waals surface area contributed by atoms with E-state index in [4.69, 9.17) is 20.2 Å². The van der Waals surface area contributed by atoms with Gasteiger partial charge in [-0.1, -0.05) is 6.92 Å². The van der Waals surface area contributed by atoms with Gasteiger partial charge in [0, 0.05) is 18.3 Å². The third kappa shape index (κ3) is 3.11. The monoisotopic (exact) mass is 341 g/mol. The van der Waals surface area contributed by atoms with Gasteiger partial charge in [-0.25, -0.2) is 9.97 Å². The Labute approximate surface area is 147 Å². The zero-order chi connectivity index (χ0) is 17.2. The second kappa shape index (κ2) is 6.84. The minimum Gasteiger partial charge on any atom is -0.477 e. The Morgan fingerprint density at radius 2 is 2.20 bits per heavy atom. The molecule has 0 radical (unpaired) electrons. The number of pyridine rings is 1. The van der Waals surface area contributed by atoms with E-state index in [9.17, 15) is 0 Å². The standard InChI is InChI=1S/C18H23N5O2/c1-2-13-11-24-9-7-23(13)17-14-4-3-8-25-18(14)22-16(21-17)12-5-6-15(19)20-10-12/h5-6,10,13H,2-4,7-9,11H2,1H3,(H2,19,20). The molecule has 0 amide bonds. The van der Waals surface area contributed by atoms with Crippen LogP contribution in [0.15, 0.2) is 18.3 Å². The third-order valence-electron chi connectivity index (χ3n) is 4.77. The van der Waals surface area contributed by atoms with Gasteiger partial charge in [-0.05, 0) is 31.4 Å². The van der Waals surface area contributed by atoms with Crippen molar-refractivity contribution in [3.8, 4) is 17.3 Å². The highest BCUT2D eigenvalue weighted by molar-refractivity contribution is 5.63. The van der Waals surface area contributed by atoms with E-state index in [1.54, 1.807) is 12.3 Å². The largest absolute Gasteiger partial charge is 0.477 e. The number of anilines is 2. The summed E-state index contributed by atoms with van der Waals surface area (Å²) in [5.74, 6) is 2.79. The van der Waals surface area contributed by atoms with Crippen LogP contribution < -0.4 is 15.4 Å². The average Bonchev–Trinajstić information content (AvgIpc) is 2.67. The minimum absolute atomic E-state index is 0.326. The number of nitrogens with two attached hydrogens (primary N) is 1. The molecule has 7 heteroatoms. The number of fused-ring (bicyclic) bond motifs is 1. The second-order valence-corrected chi connectivity index (χ2v) is 6.41. The molecule has 2 aromatic rings. The topological polar surface area (TPSA) is 86.4 Å². The normalized spacial score (nSPS) is 20.0. The molecule has 0 bridgehead atoms. The summed E-state index contributed by atoms with van der Waals surface area (Å²) >= 11 is 0. The summed E-state index contributed by atoms with van der Waals surface area (Å²) in [4.78, 5) is 16.1. The third-order valence-corrected chi connectivity index (χ3v) is 4.77. The van der Waals surface area contributed by atoms with E-state index in [2.05, 4.69) is 21.8 Å². The van der Waals surface area contributed by atoms with Gasteiger partial charge in [-0.3, -0.25) is 0 Å². The summed E-state index contributed by atoms with van der Waals surface area (Å²) in [6, 6.07) is 3.99. The van der Waals surface area contributed by atoms with Crippen LogP contribution in [0.1, 0.15) is 25.3 Å². The van der Waals surface area contributed by atoms with E-state index < -0.39 is 0 Å². The first-order valence-corrected chi connectivity index (χ1v) is 8.86. The molecule has 0 spiro atoms. The quantitative estimate of drug-likeness (QED) is 0.914. The van der Waals surface area contributed by atoms with E-state index in [0.29, 0.717) is 30.2 Å². The Kier molecular flexibility index (Phi) is 4.40. The Bertz CT molecular complexity index is 750. The lowest BCUT2D eigenvalue weighted by atomic mass is 10.1. The van der Waals surface area contributed by atoms with E-state index in [1.165, 1.54) is 0 Å². The van der Waals surface area contributed by atoms with Crippen molar-refractivity contribution in [3.05, 3.63) is 23.9 Å². The highest BCUT2D eigenvalue weighted by atomic mass is 16.5. The molecule has 2 aliphatic heterocycles. The van der Waals surface area contributed by atoms with Gasteiger partial charge in [0.15, 0.2) is 5.82 Å². The maximum atomic E-state index is 5.86. The molecule has 0 aliphatic carbocycles. The lowest BCUT2D eigenvalue weighted by Crippen LogP contribution is -2.46. The van der Waals surface area contributed by atoms with Crippen LogP contribution in [0.3, 0.4) is 0 Å². The van der Waals surface area contributed by atoms with Crippen molar-refractivity contribution in [1.82, 2.24) is 15.0 Å². The Hall–Kier alpha value is -2.41. The van der Waals surface area contributed by atoms with Crippen molar-refractivity contribution < 1.29 is 9.47 Å². The van der Waals surface area contributed by atoms with Crippen LogP contribution in [0.5, 0.6) is 5.88 Å². The number of morpholine rings is 1. The molecule has 0 aromatic carbocycles. The first-order valence-electron chi connectivity index (χ1n) is 8.86. The predicted molar refractivity (Wildman–Crippen MR) is 95.7 cm³/mol. The molecular formula is C18H23N5O2. The zero-order valence-corrected chi connectivity index (χ0v) is 14.4. The summed E-state index contributed by atoms with van der Waals surface area (Å²) in [5.41, 5.74) is 7.65. The number of nitrogens with zero attached hydrogens (tertiary/aromatic N) is 4. The summed E-state index contributed by atoms with van der Waals surface area (Å²) in [5, 5.41) is 0. The maximum absolute atomic E-state index is 5.86. The first kappa shape index (κ1) is 16.1. The molecule has 2 aromatic heterocycles. The van der Waals surface area contributed by atoms with Crippen LogP contribution >= 0.6 is 0 Å². The highest BCUT2D eigenvalue weighted by Gasteiger charge is 2.29. The van der Waals surface area contributed by atoms with Gasteiger partial charge in [-0.15, -0.1) is 0 Å². The van der Waals surface area contributed by atoms with Gasteiger partial charge >= 0.3 is 0 Å². The number of ether oxygens (including phenoxy) is 2. The van der Waals surface area contributed by atoms with Crippen molar-refractivity contribution in [2.45, 2.75) is 32.2 Å². The molecule has 1 atom stereocenters. The molecule has 2 N–H and O–H groups in total. The smallest absolute Gasteiger partial charge is 0.222 e. The number of aromatic nitrogens is 3. The highest BCUT2D eigenvalue weighted by Crippen LogP contribution is 2.35.